The minimum atomic E-state index is -0.356. The molecule has 86 heavy (non-hydrogen) atoms. The van der Waals surface area contributed by atoms with Crippen LogP contribution in [0.5, 0.6) is 0 Å². The highest BCUT2D eigenvalue weighted by Crippen LogP contribution is 2.64. The van der Waals surface area contributed by atoms with E-state index in [1.54, 1.807) is 0 Å². The van der Waals surface area contributed by atoms with Crippen molar-refractivity contribution in [2.75, 3.05) is 0 Å². The summed E-state index contributed by atoms with van der Waals surface area (Å²) in [4.78, 5) is 0. The van der Waals surface area contributed by atoms with Gasteiger partial charge in [0.05, 0.1) is 0 Å². The first-order valence-electron chi connectivity index (χ1n) is 31.2. The lowest BCUT2D eigenvalue weighted by Gasteiger charge is -2.25. The smallest absolute Gasteiger partial charge is 0.144 e. The number of benzene rings is 11. The highest BCUT2D eigenvalue weighted by Gasteiger charge is 2.48. The average molecular weight is 1110 g/mol. The van der Waals surface area contributed by atoms with Crippen molar-refractivity contribution in [1.82, 2.24) is 0 Å². The molecule has 11 aromatic carbocycles. The first-order valence-corrected chi connectivity index (χ1v) is 31.2. The van der Waals surface area contributed by atoms with Crippen molar-refractivity contribution in [3.05, 3.63) is 249 Å². The second-order valence-electron chi connectivity index (χ2n) is 29.5. The van der Waals surface area contributed by atoms with Crippen LogP contribution < -0.4 is 0 Å². The van der Waals surface area contributed by atoms with Crippen molar-refractivity contribution >= 4 is 43.9 Å². The number of fused-ring (bicyclic) bond motifs is 26. The Morgan fingerprint density at radius 2 is 0.500 bits per heavy atom. The van der Waals surface area contributed by atoms with E-state index in [9.17, 15) is 0 Å². The fourth-order valence-corrected chi connectivity index (χ4v) is 18.3. The van der Waals surface area contributed by atoms with E-state index in [1.807, 2.05) is 0 Å². The van der Waals surface area contributed by atoms with Crippen LogP contribution in [0.25, 0.3) is 133 Å². The van der Waals surface area contributed by atoms with Crippen LogP contribution in [-0.4, -0.2) is 0 Å². The normalized spacial score (nSPS) is 17.6. The number of hydrogen-bond acceptors (Lipinski definition) is 2. The van der Waals surface area contributed by atoms with Crippen molar-refractivity contribution in [2.24, 2.45) is 0 Å². The van der Waals surface area contributed by atoms with Gasteiger partial charge in [0.15, 0.2) is 0 Å². The molecule has 2 heteroatoms. The fourth-order valence-electron chi connectivity index (χ4n) is 18.3. The molecule has 0 atom stereocenters. The minimum absolute atomic E-state index is 0.0671. The maximum Gasteiger partial charge on any atom is 0.144 e. The lowest BCUT2D eigenvalue weighted by molar-refractivity contribution is 0.648. The third kappa shape index (κ3) is 5.68. The predicted molar refractivity (Wildman–Crippen MR) is 357 cm³/mol. The van der Waals surface area contributed by atoms with E-state index in [0.717, 1.165) is 33.1 Å². The number of rotatable bonds is 2. The van der Waals surface area contributed by atoms with Crippen molar-refractivity contribution in [1.29, 1.82) is 0 Å². The van der Waals surface area contributed by atoms with E-state index in [4.69, 9.17) is 8.83 Å². The highest BCUT2D eigenvalue weighted by molar-refractivity contribution is 6.21. The third-order valence-electron chi connectivity index (χ3n) is 23.1. The second-order valence-corrected chi connectivity index (χ2v) is 29.5. The summed E-state index contributed by atoms with van der Waals surface area (Å²) in [6.07, 6.45) is 0. The zero-order valence-corrected chi connectivity index (χ0v) is 51.1. The summed E-state index contributed by atoms with van der Waals surface area (Å²) in [5, 5.41) is 4.67. The molecule has 19 rings (SSSR count). The van der Waals surface area contributed by atoms with Crippen molar-refractivity contribution in [3.63, 3.8) is 0 Å². The molecule has 0 unspecified atom stereocenters. The molecule has 0 saturated heterocycles. The second kappa shape index (κ2) is 15.3. The largest absolute Gasteiger partial charge is 0.455 e. The van der Waals surface area contributed by atoms with Crippen LogP contribution in [0, 0.1) is 0 Å². The van der Waals surface area contributed by atoms with E-state index < -0.39 is 0 Å². The molecule has 6 aliphatic carbocycles. The Morgan fingerprint density at radius 3 is 0.895 bits per heavy atom. The van der Waals surface area contributed by atoms with Gasteiger partial charge in [-0.15, -0.1) is 0 Å². The van der Waals surface area contributed by atoms with Gasteiger partial charge in [-0.05, 0) is 217 Å². The monoisotopic (exact) mass is 1110 g/mol. The maximum absolute atomic E-state index is 7.27. The predicted octanol–water partition coefficient (Wildman–Crippen LogP) is 22.7. The Bertz CT molecular complexity index is 5060. The molecule has 0 spiro atoms. The van der Waals surface area contributed by atoms with Crippen molar-refractivity contribution < 1.29 is 8.83 Å². The lowest BCUT2D eigenvalue weighted by atomic mass is 9.78. The molecule has 2 aromatic heterocycles. The Hall–Kier alpha value is -8.98. The van der Waals surface area contributed by atoms with E-state index in [0.29, 0.717) is 0 Å². The molecule has 0 saturated carbocycles. The summed E-state index contributed by atoms with van der Waals surface area (Å²) >= 11 is 0. The van der Waals surface area contributed by atoms with Crippen LogP contribution in [0.3, 0.4) is 0 Å². The maximum atomic E-state index is 7.27. The van der Waals surface area contributed by atoms with Gasteiger partial charge in [-0.3, -0.25) is 0 Å². The summed E-state index contributed by atoms with van der Waals surface area (Å²) in [6, 6.07) is 70.4. The molecule has 414 valence electrons. The van der Waals surface area contributed by atoms with Crippen LogP contribution in [0.2, 0.25) is 0 Å². The molecule has 0 bridgehead atoms. The molecule has 0 fully saturated rings. The summed E-state index contributed by atoms with van der Waals surface area (Å²) in [5.41, 5.74) is 39.8. The van der Waals surface area contributed by atoms with Crippen LogP contribution in [0.4, 0.5) is 0 Å². The summed E-state index contributed by atoms with van der Waals surface area (Å²) < 4.78 is 14.5. The molecule has 2 heterocycles. The van der Waals surface area contributed by atoms with Gasteiger partial charge in [0.25, 0.3) is 0 Å². The Labute approximate surface area is 503 Å². The van der Waals surface area contributed by atoms with E-state index in [2.05, 4.69) is 265 Å². The van der Waals surface area contributed by atoms with Gasteiger partial charge in [-0.2, -0.15) is 0 Å². The summed E-state index contributed by atoms with van der Waals surface area (Å²) in [7, 11) is 0. The molecule has 2 nitrogen and oxygen atoms in total. The van der Waals surface area contributed by atoms with Crippen LogP contribution in [-0.2, 0) is 32.5 Å². The van der Waals surface area contributed by atoms with Crippen LogP contribution >= 0.6 is 0 Å². The average Bonchev–Trinajstić information content (AvgIpc) is 2.29. The first-order chi connectivity index (χ1) is 41.2. The highest BCUT2D eigenvalue weighted by atomic mass is 16.3. The fraction of sp³-hybridized carbons (Fsp3) is 0.214. The zero-order valence-electron chi connectivity index (χ0n) is 51.1. The summed E-state index contributed by atoms with van der Waals surface area (Å²) in [6.45, 7) is 29.0. The van der Waals surface area contributed by atoms with Crippen molar-refractivity contribution in [2.45, 2.75) is 116 Å². The molecule has 0 radical (unpaired) electrons. The molecule has 0 amide bonds. The van der Waals surface area contributed by atoms with E-state index in [1.165, 1.54) is 167 Å². The quantitative estimate of drug-likeness (QED) is 0.172. The van der Waals surface area contributed by atoms with Gasteiger partial charge >= 0.3 is 0 Å². The van der Waals surface area contributed by atoms with Crippen LogP contribution in [0.15, 0.2) is 191 Å². The van der Waals surface area contributed by atoms with Gasteiger partial charge in [0, 0.05) is 65.2 Å². The topological polar surface area (TPSA) is 26.3 Å². The Balaban J connectivity index is 0.768. The summed E-state index contributed by atoms with van der Waals surface area (Å²) in [5.74, 6) is 0. The third-order valence-corrected chi connectivity index (χ3v) is 23.1. The molecule has 6 aliphatic rings. The Morgan fingerprint density at radius 1 is 0.221 bits per heavy atom. The van der Waals surface area contributed by atoms with E-state index >= 15 is 0 Å². The van der Waals surface area contributed by atoms with Crippen LogP contribution in [0.1, 0.15) is 150 Å². The number of hydrogen-bond donors (Lipinski definition) is 0. The molecule has 13 aromatic rings. The van der Waals surface area contributed by atoms with Gasteiger partial charge in [0.1, 0.15) is 22.3 Å². The van der Waals surface area contributed by atoms with E-state index in [-0.39, 0.29) is 32.5 Å². The standard InChI is InChI=1S/C84H66O2/c1-79(2)59-25-17-13-21-45(59)53-37-65-55(39-63(53)79)47-31-29-43(33-61(47)81(65,5)6)51-35-69-75(77-73(51)49-23-15-19-27-71(49)85-77)57-41-68-58(42-67(57)83(69,9)10)76-70(84(68,11)12)36-52(74-50-24-16-20-28-72(50)86-78(74)76)44-30-32-48-56-40-64-54(38-66(56)82(7,8)62(48)34-44)46-22-14-18-26-60(46)80(64,3)4/h13-42H,1-12H3. The van der Waals surface area contributed by atoms with Gasteiger partial charge in [-0.1, -0.05) is 192 Å². The number of furan rings is 2. The molecule has 0 aliphatic heterocycles. The van der Waals surface area contributed by atoms with Crippen molar-refractivity contribution in [3.8, 4) is 89.0 Å². The zero-order chi connectivity index (χ0) is 58.4. The lowest BCUT2D eigenvalue weighted by Crippen LogP contribution is -2.17. The number of para-hydroxylation sites is 2. The van der Waals surface area contributed by atoms with Gasteiger partial charge in [-0.25, -0.2) is 0 Å². The SMILES string of the molecule is CC1(C)c2ccccc2-c2cc3c(cc21)-c1ccc(-c2cc4c(c5oc6ccccc6c25)-c2cc5c(cc2C4(C)C)-c2c(cc(-c4ccc6c(c4)C(C)(C)c4cc7c(cc4-6)C(C)(C)c4ccccc4-7)c4c2oc2ccccc24)C5(C)C)cc1C3(C)C. The van der Waals surface area contributed by atoms with Gasteiger partial charge in [0.2, 0.25) is 0 Å². The minimum Gasteiger partial charge on any atom is -0.455 e. The molecular formula is C84H66O2. The molecule has 0 N–H and O–H groups in total. The first kappa shape index (κ1) is 49.3. The van der Waals surface area contributed by atoms with Gasteiger partial charge < -0.3 is 8.83 Å². The Kier molecular flexibility index (Phi) is 8.79. The molecular weight excluding hydrogens is 1040 g/mol.